The molecule has 1 aliphatic carbocycles. The summed E-state index contributed by atoms with van der Waals surface area (Å²) in [5.74, 6) is -0.0878. The number of rotatable bonds is 3. The van der Waals surface area contributed by atoms with Gasteiger partial charge >= 0.3 is 0 Å². The van der Waals surface area contributed by atoms with Crippen molar-refractivity contribution in [1.29, 1.82) is 0 Å². The minimum Gasteiger partial charge on any atom is -0.355 e. The van der Waals surface area contributed by atoms with Crippen LogP contribution < -0.4 is 0 Å². The van der Waals surface area contributed by atoms with Crippen molar-refractivity contribution in [3.8, 4) is 0 Å². The second kappa shape index (κ2) is 4.42. The molecule has 3 heteroatoms. The summed E-state index contributed by atoms with van der Waals surface area (Å²) in [4.78, 5) is 5.54. The molecule has 1 heterocycles. The molecule has 0 spiro atoms. The van der Waals surface area contributed by atoms with Crippen LogP contribution in [0.1, 0.15) is 33.6 Å². The van der Waals surface area contributed by atoms with Gasteiger partial charge in [-0.1, -0.05) is 31.2 Å². The number of oxime groups is 1. The molecule has 0 bridgehead atoms. The van der Waals surface area contributed by atoms with E-state index in [1.54, 1.807) is 6.21 Å². The van der Waals surface area contributed by atoms with Crippen LogP contribution in [0.3, 0.4) is 0 Å². The Kier molecular flexibility index (Phi) is 3.15. The second-order valence-electron chi connectivity index (χ2n) is 4.33. The van der Waals surface area contributed by atoms with Crippen LogP contribution in [0.5, 0.6) is 0 Å². The van der Waals surface area contributed by atoms with Gasteiger partial charge in [0.25, 0.3) is 5.79 Å². The van der Waals surface area contributed by atoms with Gasteiger partial charge < -0.3 is 9.57 Å². The number of ether oxygens (including phenoxy) is 1. The maximum Gasteiger partial charge on any atom is 0.263 e. The first-order valence-electron chi connectivity index (χ1n) is 5.93. The van der Waals surface area contributed by atoms with Gasteiger partial charge in [-0.25, -0.2) is 0 Å². The largest absolute Gasteiger partial charge is 0.355 e. The van der Waals surface area contributed by atoms with Crippen LogP contribution in [0.2, 0.25) is 0 Å². The highest BCUT2D eigenvalue weighted by Gasteiger charge is 2.44. The Morgan fingerprint density at radius 1 is 1.69 bits per heavy atom. The van der Waals surface area contributed by atoms with Crippen LogP contribution in [0.25, 0.3) is 0 Å². The van der Waals surface area contributed by atoms with Crippen LogP contribution in [0.15, 0.2) is 28.5 Å². The normalized spacial score (nSPS) is 33.6. The van der Waals surface area contributed by atoms with E-state index in [4.69, 9.17) is 9.57 Å². The summed E-state index contributed by atoms with van der Waals surface area (Å²) in [6.07, 6.45) is 7.85. The number of nitrogens with zero attached hydrogens (tertiary/aromatic N) is 1. The summed E-state index contributed by atoms with van der Waals surface area (Å²) >= 11 is 0. The molecule has 2 rings (SSSR count). The van der Waals surface area contributed by atoms with Gasteiger partial charge in [0, 0.05) is 18.2 Å². The van der Waals surface area contributed by atoms with Gasteiger partial charge in [-0.2, -0.15) is 0 Å². The molecule has 0 saturated carbocycles. The first-order chi connectivity index (χ1) is 7.73. The van der Waals surface area contributed by atoms with E-state index in [0.29, 0.717) is 12.5 Å². The fourth-order valence-electron chi connectivity index (χ4n) is 2.34. The molecule has 0 saturated heterocycles. The Bertz CT molecular complexity index is 357. The Labute approximate surface area is 96.8 Å². The van der Waals surface area contributed by atoms with E-state index in [2.05, 4.69) is 31.2 Å². The maximum atomic E-state index is 5.85. The van der Waals surface area contributed by atoms with Crippen LogP contribution >= 0.6 is 0 Å². The van der Waals surface area contributed by atoms with E-state index in [0.717, 1.165) is 12.8 Å². The average molecular weight is 221 g/mol. The van der Waals surface area contributed by atoms with Crippen LogP contribution in [-0.2, 0) is 9.57 Å². The van der Waals surface area contributed by atoms with Crippen LogP contribution in [0, 0.1) is 5.92 Å². The quantitative estimate of drug-likeness (QED) is 0.541. The summed E-state index contributed by atoms with van der Waals surface area (Å²) < 4.78 is 5.85. The van der Waals surface area contributed by atoms with Gasteiger partial charge in [0.1, 0.15) is 0 Å². The molecule has 0 aromatic carbocycles. The minimum absolute atomic E-state index is 0.558. The maximum absolute atomic E-state index is 5.85. The van der Waals surface area contributed by atoms with E-state index >= 15 is 0 Å². The fourth-order valence-corrected chi connectivity index (χ4v) is 2.34. The Morgan fingerprint density at radius 3 is 3.19 bits per heavy atom. The predicted molar refractivity (Wildman–Crippen MR) is 64.2 cm³/mol. The van der Waals surface area contributed by atoms with Crippen LogP contribution in [-0.4, -0.2) is 18.6 Å². The number of allylic oxidation sites excluding steroid dienone is 1. The molecule has 0 radical (unpaired) electrons. The predicted octanol–water partition coefficient (Wildman–Crippen LogP) is 3.04. The summed E-state index contributed by atoms with van der Waals surface area (Å²) in [6, 6.07) is 0. The Hall–Kier alpha value is -1.09. The standard InChI is InChI=1S/C13H19NO2/c1-4-13(16-14-5-2)12-8-6-7-10(3)11(12)9-15-13/h5-6,8,10H,4,7,9H2,1-3H3/b14-5+/t10?,13-/m1/s1. The van der Waals surface area contributed by atoms with Gasteiger partial charge in [-0.15, -0.1) is 0 Å². The lowest BCUT2D eigenvalue weighted by atomic mass is 9.86. The Morgan fingerprint density at radius 2 is 2.50 bits per heavy atom. The summed E-state index contributed by atoms with van der Waals surface area (Å²) in [5, 5.41) is 3.89. The highest BCUT2D eigenvalue weighted by molar-refractivity contribution is 5.52. The third-order valence-electron chi connectivity index (χ3n) is 3.36. The van der Waals surface area contributed by atoms with Crippen molar-refractivity contribution in [1.82, 2.24) is 0 Å². The SMILES string of the molecule is C/C=N/O[C@@]1(CC)OCC2=C1C=CCC2C. The Balaban J connectivity index is 2.32. The zero-order chi connectivity index (χ0) is 11.6. The smallest absolute Gasteiger partial charge is 0.263 e. The average Bonchev–Trinajstić information content (AvgIpc) is 2.68. The van der Waals surface area contributed by atoms with Crippen molar-refractivity contribution < 1.29 is 9.57 Å². The van der Waals surface area contributed by atoms with E-state index in [1.165, 1.54) is 11.1 Å². The van der Waals surface area contributed by atoms with Gasteiger partial charge in [0.15, 0.2) is 0 Å². The first-order valence-corrected chi connectivity index (χ1v) is 5.93. The minimum atomic E-state index is -0.646. The molecule has 0 amide bonds. The van der Waals surface area contributed by atoms with Gasteiger partial charge in [-0.3, -0.25) is 0 Å². The molecule has 3 nitrogen and oxygen atoms in total. The number of hydrogen-bond acceptors (Lipinski definition) is 3. The highest BCUT2D eigenvalue weighted by Crippen LogP contribution is 2.42. The monoisotopic (exact) mass is 221 g/mol. The molecule has 16 heavy (non-hydrogen) atoms. The first kappa shape index (κ1) is 11.4. The molecular formula is C13H19NO2. The van der Waals surface area contributed by atoms with Crippen molar-refractivity contribution in [2.45, 2.75) is 39.4 Å². The topological polar surface area (TPSA) is 30.8 Å². The summed E-state index contributed by atoms with van der Waals surface area (Å²) in [7, 11) is 0. The molecular weight excluding hydrogens is 202 g/mol. The van der Waals surface area contributed by atoms with Gasteiger partial charge in [0.05, 0.1) is 6.61 Å². The van der Waals surface area contributed by atoms with E-state index < -0.39 is 5.79 Å². The highest BCUT2D eigenvalue weighted by atomic mass is 16.8. The van der Waals surface area contributed by atoms with Gasteiger partial charge in [0.2, 0.25) is 0 Å². The zero-order valence-corrected chi connectivity index (χ0v) is 10.2. The third kappa shape index (κ3) is 1.69. The summed E-state index contributed by atoms with van der Waals surface area (Å²) in [5.41, 5.74) is 2.55. The van der Waals surface area contributed by atoms with Crippen LogP contribution in [0.4, 0.5) is 0 Å². The molecule has 0 aromatic rings. The molecule has 0 fully saturated rings. The van der Waals surface area contributed by atoms with Crippen molar-refractivity contribution in [3.63, 3.8) is 0 Å². The lowest BCUT2D eigenvalue weighted by Crippen LogP contribution is -2.32. The molecule has 0 aromatic heterocycles. The lowest BCUT2D eigenvalue weighted by molar-refractivity contribution is -0.194. The summed E-state index contributed by atoms with van der Waals surface area (Å²) in [6.45, 7) is 6.81. The van der Waals surface area contributed by atoms with Crippen molar-refractivity contribution in [2.75, 3.05) is 6.61 Å². The van der Waals surface area contributed by atoms with E-state index in [-0.39, 0.29) is 0 Å². The molecule has 1 aliphatic heterocycles. The second-order valence-corrected chi connectivity index (χ2v) is 4.33. The van der Waals surface area contributed by atoms with Crippen molar-refractivity contribution >= 4 is 6.21 Å². The van der Waals surface area contributed by atoms with E-state index in [1.807, 2.05) is 6.92 Å². The molecule has 88 valence electrons. The molecule has 1 unspecified atom stereocenters. The van der Waals surface area contributed by atoms with Crippen molar-refractivity contribution in [2.24, 2.45) is 11.1 Å². The molecule has 2 aliphatic rings. The fraction of sp³-hybridized carbons (Fsp3) is 0.615. The zero-order valence-electron chi connectivity index (χ0n) is 10.2. The molecule has 2 atom stereocenters. The van der Waals surface area contributed by atoms with E-state index in [9.17, 15) is 0 Å². The van der Waals surface area contributed by atoms with Crippen molar-refractivity contribution in [3.05, 3.63) is 23.3 Å². The lowest BCUT2D eigenvalue weighted by Gasteiger charge is -2.27. The number of hydrogen-bond donors (Lipinski definition) is 0. The third-order valence-corrected chi connectivity index (χ3v) is 3.36. The van der Waals surface area contributed by atoms with Gasteiger partial charge in [-0.05, 0) is 24.8 Å². The molecule has 0 N–H and O–H groups in total.